The lowest BCUT2D eigenvalue weighted by Gasteiger charge is -2.47. The van der Waals surface area contributed by atoms with E-state index in [1.807, 2.05) is 0 Å². The van der Waals surface area contributed by atoms with E-state index >= 15 is 0 Å². The fraction of sp³-hybridized carbons (Fsp3) is 0.684. The van der Waals surface area contributed by atoms with Gasteiger partial charge < -0.3 is 5.32 Å². The van der Waals surface area contributed by atoms with Crippen molar-refractivity contribution in [2.45, 2.75) is 58.0 Å². The van der Waals surface area contributed by atoms with Crippen LogP contribution in [-0.4, -0.2) is 30.6 Å². The lowest BCUT2D eigenvalue weighted by molar-refractivity contribution is 0.0628. The largest absolute Gasteiger partial charge is 0.305 e. The molecule has 1 saturated carbocycles. The van der Waals surface area contributed by atoms with Crippen LogP contribution in [0.5, 0.6) is 0 Å². The number of piperazine rings is 1. The van der Waals surface area contributed by atoms with Gasteiger partial charge in [-0.15, -0.1) is 0 Å². The predicted molar refractivity (Wildman–Crippen MR) is 89.4 cm³/mol. The molecule has 2 unspecified atom stereocenters. The van der Waals surface area contributed by atoms with Gasteiger partial charge in [-0.3, -0.25) is 4.90 Å². The lowest BCUT2D eigenvalue weighted by Crippen LogP contribution is -2.61. The van der Waals surface area contributed by atoms with Crippen molar-refractivity contribution in [2.75, 3.05) is 19.6 Å². The SMILES string of the molecule is CCC1CNC(C)(c2ccccc2)CN1CC1(CC)CC1. The number of nitrogens with one attached hydrogen (secondary N) is 1. The Morgan fingerprint density at radius 1 is 1.19 bits per heavy atom. The van der Waals surface area contributed by atoms with Gasteiger partial charge in [0.25, 0.3) is 0 Å². The second-order valence-corrected chi connectivity index (χ2v) is 7.40. The summed E-state index contributed by atoms with van der Waals surface area (Å²) in [5, 5.41) is 3.83. The molecule has 1 aromatic rings. The maximum absolute atomic E-state index is 3.83. The Bertz CT molecular complexity index is 466. The maximum Gasteiger partial charge on any atom is 0.0535 e. The molecule has 116 valence electrons. The molecule has 0 radical (unpaired) electrons. The third-order valence-corrected chi connectivity index (χ3v) is 5.89. The number of benzene rings is 1. The Labute approximate surface area is 129 Å². The van der Waals surface area contributed by atoms with Crippen LogP contribution in [0.15, 0.2) is 30.3 Å². The van der Waals surface area contributed by atoms with E-state index in [4.69, 9.17) is 0 Å². The van der Waals surface area contributed by atoms with Crippen LogP contribution in [0.1, 0.15) is 52.0 Å². The summed E-state index contributed by atoms with van der Waals surface area (Å²) in [7, 11) is 0. The molecule has 1 aliphatic carbocycles. The van der Waals surface area contributed by atoms with E-state index in [0.29, 0.717) is 11.5 Å². The van der Waals surface area contributed by atoms with E-state index in [0.717, 1.165) is 13.1 Å². The van der Waals surface area contributed by atoms with Crippen molar-refractivity contribution >= 4 is 0 Å². The monoisotopic (exact) mass is 286 g/mol. The van der Waals surface area contributed by atoms with Crippen molar-refractivity contribution in [3.63, 3.8) is 0 Å². The molecule has 0 aromatic heterocycles. The van der Waals surface area contributed by atoms with Gasteiger partial charge in [0.2, 0.25) is 0 Å². The molecule has 1 saturated heterocycles. The molecule has 0 spiro atoms. The molecule has 3 rings (SSSR count). The summed E-state index contributed by atoms with van der Waals surface area (Å²) >= 11 is 0. The molecule has 2 fully saturated rings. The van der Waals surface area contributed by atoms with Crippen molar-refractivity contribution in [2.24, 2.45) is 5.41 Å². The highest BCUT2D eigenvalue weighted by molar-refractivity contribution is 5.25. The normalized spacial score (nSPS) is 32.0. The first-order valence-electron chi connectivity index (χ1n) is 8.65. The summed E-state index contributed by atoms with van der Waals surface area (Å²) in [5.41, 5.74) is 2.16. The third kappa shape index (κ3) is 3.02. The summed E-state index contributed by atoms with van der Waals surface area (Å²) in [4.78, 5) is 2.78. The standard InChI is InChI=1S/C19H30N2/c1-4-17-13-20-18(3,16-9-7-6-8-10-16)14-21(17)15-19(5-2)11-12-19/h6-10,17,20H,4-5,11-15H2,1-3H3. The Morgan fingerprint density at radius 3 is 2.48 bits per heavy atom. The lowest BCUT2D eigenvalue weighted by atomic mass is 9.87. The minimum Gasteiger partial charge on any atom is -0.305 e. The van der Waals surface area contributed by atoms with Gasteiger partial charge in [0.1, 0.15) is 0 Å². The smallest absolute Gasteiger partial charge is 0.0535 e. The summed E-state index contributed by atoms with van der Waals surface area (Å²) in [6.07, 6.45) is 5.46. The van der Waals surface area contributed by atoms with Crippen LogP contribution in [0, 0.1) is 5.41 Å². The molecule has 1 aromatic carbocycles. The van der Waals surface area contributed by atoms with Crippen LogP contribution in [0.4, 0.5) is 0 Å². The topological polar surface area (TPSA) is 15.3 Å². The number of hydrogen-bond donors (Lipinski definition) is 1. The molecule has 2 nitrogen and oxygen atoms in total. The molecule has 1 aliphatic heterocycles. The molecule has 2 aliphatic rings. The van der Waals surface area contributed by atoms with Gasteiger partial charge in [-0.25, -0.2) is 0 Å². The predicted octanol–water partition coefficient (Wildman–Crippen LogP) is 3.78. The van der Waals surface area contributed by atoms with E-state index in [1.165, 1.54) is 37.8 Å². The third-order valence-electron chi connectivity index (χ3n) is 5.89. The summed E-state index contributed by atoms with van der Waals surface area (Å²) in [6.45, 7) is 10.6. The van der Waals surface area contributed by atoms with E-state index in [9.17, 15) is 0 Å². The highest BCUT2D eigenvalue weighted by Crippen LogP contribution is 2.50. The molecule has 1 heterocycles. The van der Waals surface area contributed by atoms with Gasteiger partial charge in [-0.2, -0.15) is 0 Å². The quantitative estimate of drug-likeness (QED) is 0.886. The van der Waals surface area contributed by atoms with Gasteiger partial charge in [0, 0.05) is 25.7 Å². The highest BCUT2D eigenvalue weighted by atomic mass is 15.3. The number of hydrogen-bond acceptors (Lipinski definition) is 2. The fourth-order valence-electron chi connectivity index (χ4n) is 3.88. The van der Waals surface area contributed by atoms with Crippen molar-refractivity contribution in [1.29, 1.82) is 0 Å². The van der Waals surface area contributed by atoms with Crippen molar-refractivity contribution in [3.8, 4) is 0 Å². The van der Waals surface area contributed by atoms with Crippen LogP contribution in [-0.2, 0) is 5.54 Å². The summed E-state index contributed by atoms with van der Waals surface area (Å²) in [5.74, 6) is 0. The van der Waals surface area contributed by atoms with E-state index in [1.54, 1.807) is 0 Å². The van der Waals surface area contributed by atoms with Gasteiger partial charge >= 0.3 is 0 Å². The van der Waals surface area contributed by atoms with Crippen LogP contribution in [0.25, 0.3) is 0 Å². The summed E-state index contributed by atoms with van der Waals surface area (Å²) in [6, 6.07) is 11.7. The van der Waals surface area contributed by atoms with Gasteiger partial charge in [0.05, 0.1) is 5.54 Å². The van der Waals surface area contributed by atoms with Gasteiger partial charge in [-0.05, 0) is 43.6 Å². The van der Waals surface area contributed by atoms with Crippen molar-refractivity contribution < 1.29 is 0 Å². The molecule has 2 atom stereocenters. The molecule has 0 amide bonds. The van der Waals surface area contributed by atoms with Crippen molar-refractivity contribution in [3.05, 3.63) is 35.9 Å². The van der Waals surface area contributed by atoms with Crippen LogP contribution in [0.3, 0.4) is 0 Å². The molecule has 2 heteroatoms. The Balaban J connectivity index is 1.77. The number of rotatable bonds is 5. The van der Waals surface area contributed by atoms with E-state index < -0.39 is 0 Å². The van der Waals surface area contributed by atoms with Gasteiger partial charge in [0.15, 0.2) is 0 Å². The molecule has 0 bridgehead atoms. The molecule has 21 heavy (non-hydrogen) atoms. The Kier molecular flexibility index (Phi) is 4.11. The average Bonchev–Trinajstić information content (AvgIpc) is 3.29. The second kappa shape index (κ2) is 5.73. The zero-order valence-corrected chi connectivity index (χ0v) is 13.9. The zero-order valence-electron chi connectivity index (χ0n) is 13.9. The van der Waals surface area contributed by atoms with Gasteiger partial charge in [-0.1, -0.05) is 44.2 Å². The summed E-state index contributed by atoms with van der Waals surface area (Å²) < 4.78 is 0. The van der Waals surface area contributed by atoms with Crippen LogP contribution < -0.4 is 5.32 Å². The van der Waals surface area contributed by atoms with Crippen LogP contribution in [0.2, 0.25) is 0 Å². The average molecular weight is 286 g/mol. The maximum atomic E-state index is 3.83. The Morgan fingerprint density at radius 2 is 1.90 bits per heavy atom. The first kappa shape index (κ1) is 15.1. The molecule has 1 N–H and O–H groups in total. The highest BCUT2D eigenvalue weighted by Gasteiger charge is 2.45. The molecular weight excluding hydrogens is 256 g/mol. The van der Waals surface area contributed by atoms with E-state index in [-0.39, 0.29) is 5.54 Å². The first-order valence-corrected chi connectivity index (χ1v) is 8.65. The van der Waals surface area contributed by atoms with E-state index in [2.05, 4.69) is 61.3 Å². The van der Waals surface area contributed by atoms with Crippen LogP contribution >= 0.6 is 0 Å². The van der Waals surface area contributed by atoms with Crippen molar-refractivity contribution in [1.82, 2.24) is 10.2 Å². The second-order valence-electron chi connectivity index (χ2n) is 7.40. The fourth-order valence-corrected chi connectivity index (χ4v) is 3.88. The zero-order chi connectivity index (χ0) is 14.9. The first-order chi connectivity index (χ1) is 10.1. The Hall–Kier alpha value is -0.860. The minimum atomic E-state index is 0.0940. The number of nitrogens with zero attached hydrogens (tertiary/aromatic N) is 1. The molecular formula is C19H30N2. The minimum absolute atomic E-state index is 0.0940.